The van der Waals surface area contributed by atoms with Crippen LogP contribution < -0.4 is 10.1 Å². The summed E-state index contributed by atoms with van der Waals surface area (Å²) >= 11 is 0. The van der Waals surface area contributed by atoms with Gasteiger partial charge in [-0.25, -0.2) is 4.39 Å². The highest BCUT2D eigenvalue weighted by atomic mass is 32.2. The van der Waals surface area contributed by atoms with E-state index in [4.69, 9.17) is 10.00 Å². The lowest BCUT2D eigenvalue weighted by Gasteiger charge is -2.19. The number of nitriles is 1. The number of aliphatic hydroxyl groups excluding tert-OH is 1. The Morgan fingerprint density at radius 3 is 2.78 bits per heavy atom. The van der Waals surface area contributed by atoms with E-state index < -0.39 is 33.8 Å². The smallest absolute Gasteiger partial charge is 0.286 e. The molecule has 32 heavy (non-hydrogen) atoms. The van der Waals surface area contributed by atoms with Crippen molar-refractivity contribution in [3.8, 4) is 11.8 Å². The van der Waals surface area contributed by atoms with E-state index >= 15 is 0 Å². The predicted octanol–water partition coefficient (Wildman–Crippen LogP) is 2.63. The maximum absolute atomic E-state index is 13.6. The fraction of sp³-hybridized carbons (Fsp3) is 0.286. The van der Waals surface area contributed by atoms with Gasteiger partial charge in [-0.3, -0.25) is 4.79 Å². The second-order valence-corrected chi connectivity index (χ2v) is 8.67. The van der Waals surface area contributed by atoms with E-state index in [1.165, 1.54) is 23.8 Å². The summed E-state index contributed by atoms with van der Waals surface area (Å²) < 4.78 is 48.4. The van der Waals surface area contributed by atoms with E-state index in [0.29, 0.717) is 6.42 Å². The maximum atomic E-state index is 13.6. The van der Waals surface area contributed by atoms with Crippen molar-refractivity contribution in [2.24, 2.45) is 17.4 Å². The van der Waals surface area contributed by atoms with Crippen LogP contribution in [0.1, 0.15) is 29.4 Å². The zero-order chi connectivity index (χ0) is 24.1. The summed E-state index contributed by atoms with van der Waals surface area (Å²) in [6.07, 6.45) is 2.22. The number of halogens is 1. The number of hydrogen-bond acceptors (Lipinski definition) is 6. The van der Waals surface area contributed by atoms with Gasteiger partial charge in [0.25, 0.3) is 15.9 Å². The Kier molecular flexibility index (Phi) is 7.91. The van der Waals surface area contributed by atoms with Gasteiger partial charge in [0, 0.05) is 31.6 Å². The van der Waals surface area contributed by atoms with Crippen LogP contribution in [0, 0.1) is 23.1 Å². The fourth-order valence-electron chi connectivity index (χ4n) is 2.84. The van der Waals surface area contributed by atoms with Crippen LogP contribution >= 0.6 is 0 Å². The summed E-state index contributed by atoms with van der Waals surface area (Å²) in [5, 5.41) is 21.5. The molecule has 1 aromatic heterocycles. The molecule has 1 unspecified atom stereocenters. The molecule has 1 aromatic carbocycles. The van der Waals surface area contributed by atoms with Crippen LogP contribution in [-0.2, 0) is 17.1 Å². The lowest BCUT2D eigenvalue weighted by molar-refractivity contribution is 0.0850. The molecule has 1 amide bonds. The number of aliphatic hydroxyl groups is 1. The molecule has 0 aliphatic carbocycles. The van der Waals surface area contributed by atoms with Crippen molar-refractivity contribution in [2.75, 3.05) is 11.9 Å². The molecule has 0 spiro atoms. The van der Waals surface area contributed by atoms with Crippen molar-refractivity contribution in [1.82, 2.24) is 4.57 Å². The van der Waals surface area contributed by atoms with Crippen molar-refractivity contribution in [3.05, 3.63) is 54.1 Å². The zero-order valence-corrected chi connectivity index (χ0v) is 18.4. The third kappa shape index (κ3) is 5.40. The number of nitrogens with zero attached hydrogens (tertiary/aromatic N) is 3. The summed E-state index contributed by atoms with van der Waals surface area (Å²) in [6.45, 7) is 8.20. The highest BCUT2D eigenvalue weighted by Gasteiger charge is 2.30. The van der Waals surface area contributed by atoms with Crippen LogP contribution in [0.3, 0.4) is 0 Å². The molecule has 9 nitrogen and oxygen atoms in total. The van der Waals surface area contributed by atoms with E-state index in [2.05, 4.69) is 23.0 Å². The molecule has 0 saturated carbocycles. The molecule has 0 bridgehead atoms. The Morgan fingerprint density at radius 1 is 1.50 bits per heavy atom. The van der Waals surface area contributed by atoms with Gasteiger partial charge < -0.3 is 19.7 Å². The summed E-state index contributed by atoms with van der Waals surface area (Å²) in [6, 6.07) is 5.10. The largest absolute Gasteiger partial charge is 0.489 e. The van der Waals surface area contributed by atoms with Crippen LogP contribution in [0.15, 0.2) is 46.3 Å². The Morgan fingerprint density at radius 2 is 2.19 bits per heavy atom. The number of nitrogens with one attached hydrogen (secondary N) is 1. The molecule has 2 aromatic rings. The summed E-state index contributed by atoms with van der Waals surface area (Å²) in [5.74, 6) is -2.18. The maximum Gasteiger partial charge on any atom is 0.286 e. The topological polar surface area (TPSA) is 134 Å². The first kappa shape index (κ1) is 24.8. The minimum Gasteiger partial charge on any atom is -0.489 e. The minimum absolute atomic E-state index is 0.103. The monoisotopic (exact) mass is 462 g/mol. The average molecular weight is 463 g/mol. The molecule has 0 fully saturated rings. The van der Waals surface area contributed by atoms with Crippen molar-refractivity contribution >= 4 is 28.3 Å². The molecule has 0 aliphatic heterocycles. The standard InChI is InChI=1S/C21H23FN4O5S/c1-5-6-17(27)13(2)12-31-20-18(32(29,30)24-3)11-26(4)19(20)21(28)25-15-7-8-16(22)14(9-15)10-23/h5,7-9,11,13,17,27H,1,3,6,12H2,2,4H3,(H,25,28)/t13?,17-/m1/s1. The quantitative estimate of drug-likeness (QED) is 0.412. The Labute approximate surface area is 185 Å². The summed E-state index contributed by atoms with van der Waals surface area (Å²) in [4.78, 5) is 12.6. The van der Waals surface area contributed by atoms with Crippen LogP contribution in [0.2, 0.25) is 0 Å². The first-order valence-electron chi connectivity index (χ1n) is 9.40. The molecule has 2 rings (SSSR count). The molecule has 1 heterocycles. The van der Waals surface area contributed by atoms with E-state index in [-0.39, 0.29) is 34.2 Å². The van der Waals surface area contributed by atoms with Crippen LogP contribution in [0.4, 0.5) is 10.1 Å². The summed E-state index contributed by atoms with van der Waals surface area (Å²) in [7, 11) is -2.78. The number of amides is 1. The number of sulfonamides is 1. The van der Waals surface area contributed by atoms with Gasteiger partial charge in [-0.1, -0.05) is 13.0 Å². The van der Waals surface area contributed by atoms with E-state index in [0.717, 1.165) is 18.3 Å². The third-order valence-corrected chi connectivity index (χ3v) is 5.85. The number of aromatic nitrogens is 1. The number of carbonyl (C=O) groups excluding carboxylic acids is 1. The van der Waals surface area contributed by atoms with Crippen LogP contribution in [0.25, 0.3) is 0 Å². The van der Waals surface area contributed by atoms with E-state index in [1.807, 2.05) is 0 Å². The minimum atomic E-state index is -4.21. The number of aryl methyl sites for hydroxylation is 1. The molecular weight excluding hydrogens is 439 g/mol. The molecule has 0 aliphatic rings. The van der Waals surface area contributed by atoms with Crippen LogP contribution in [0.5, 0.6) is 5.75 Å². The number of rotatable bonds is 10. The number of benzene rings is 1. The van der Waals surface area contributed by atoms with Crippen molar-refractivity contribution in [1.29, 1.82) is 5.26 Å². The van der Waals surface area contributed by atoms with Gasteiger partial charge in [0.15, 0.2) is 11.4 Å². The third-order valence-electron chi connectivity index (χ3n) is 4.67. The zero-order valence-electron chi connectivity index (χ0n) is 17.6. The van der Waals surface area contributed by atoms with Gasteiger partial charge in [-0.2, -0.15) is 18.1 Å². The first-order valence-corrected chi connectivity index (χ1v) is 10.8. The number of carbonyl (C=O) groups is 1. The summed E-state index contributed by atoms with van der Waals surface area (Å²) in [5.41, 5.74) is -0.295. The van der Waals surface area contributed by atoms with Gasteiger partial charge in [-0.05, 0) is 24.6 Å². The lowest BCUT2D eigenvalue weighted by Crippen LogP contribution is -2.24. The van der Waals surface area contributed by atoms with Gasteiger partial charge in [-0.15, -0.1) is 6.58 Å². The van der Waals surface area contributed by atoms with Crippen molar-refractivity contribution < 1.29 is 27.4 Å². The SMILES string of the molecule is C=CC[C@@H](O)C(C)COc1c(S(=O)(=O)N=C)cn(C)c1C(=O)Nc1ccc(F)c(C#N)c1. The molecule has 0 saturated heterocycles. The van der Waals surface area contributed by atoms with E-state index in [9.17, 15) is 22.7 Å². The molecule has 0 radical (unpaired) electrons. The number of ether oxygens (including phenoxy) is 1. The number of anilines is 1. The second kappa shape index (κ2) is 10.2. The highest BCUT2D eigenvalue weighted by Crippen LogP contribution is 2.32. The van der Waals surface area contributed by atoms with Crippen LogP contribution in [-0.4, -0.2) is 43.4 Å². The predicted molar refractivity (Wildman–Crippen MR) is 117 cm³/mol. The fourth-order valence-corrected chi connectivity index (χ4v) is 3.66. The van der Waals surface area contributed by atoms with Gasteiger partial charge >= 0.3 is 0 Å². The average Bonchev–Trinajstić information content (AvgIpc) is 3.10. The van der Waals surface area contributed by atoms with Gasteiger partial charge in [0.05, 0.1) is 18.3 Å². The highest BCUT2D eigenvalue weighted by molar-refractivity contribution is 7.90. The number of hydrogen-bond donors (Lipinski definition) is 2. The van der Waals surface area contributed by atoms with Crippen molar-refractivity contribution in [3.63, 3.8) is 0 Å². The Hall–Kier alpha value is -3.49. The molecule has 2 N–H and O–H groups in total. The van der Waals surface area contributed by atoms with Gasteiger partial charge in [0.1, 0.15) is 16.8 Å². The second-order valence-electron chi connectivity index (χ2n) is 7.03. The molecular formula is C21H23FN4O5S. The Balaban J connectivity index is 2.45. The van der Waals surface area contributed by atoms with Crippen molar-refractivity contribution in [2.45, 2.75) is 24.3 Å². The molecule has 170 valence electrons. The van der Waals surface area contributed by atoms with E-state index in [1.54, 1.807) is 13.0 Å². The Bertz CT molecular complexity index is 1180. The molecule has 2 atom stereocenters. The first-order chi connectivity index (χ1) is 15.0. The molecule has 11 heteroatoms. The van der Waals surface area contributed by atoms with Gasteiger partial charge in [0.2, 0.25) is 0 Å². The lowest BCUT2D eigenvalue weighted by atomic mass is 10.0. The normalized spacial score (nSPS) is 13.0.